The van der Waals surface area contributed by atoms with Crippen molar-refractivity contribution in [2.45, 2.75) is 13.0 Å². The number of hydrogen-bond acceptors (Lipinski definition) is 6. The maximum absolute atomic E-state index is 12.8. The molecule has 3 rings (SSSR count). The van der Waals surface area contributed by atoms with E-state index in [2.05, 4.69) is 4.74 Å². The number of thioether (sulfide) groups is 1. The van der Waals surface area contributed by atoms with Gasteiger partial charge in [-0.1, -0.05) is 42.2 Å². The summed E-state index contributed by atoms with van der Waals surface area (Å²) in [4.78, 5) is 40.1. The van der Waals surface area contributed by atoms with E-state index in [0.29, 0.717) is 11.1 Å². The fourth-order valence-corrected chi connectivity index (χ4v) is 4.22. The lowest BCUT2D eigenvalue weighted by Crippen LogP contribution is -2.42. The summed E-state index contributed by atoms with van der Waals surface area (Å²) in [7, 11) is 2.91. The maximum Gasteiger partial charge on any atom is 0.328 e. The van der Waals surface area contributed by atoms with Crippen molar-refractivity contribution in [3.8, 4) is 0 Å². The van der Waals surface area contributed by atoms with E-state index in [-0.39, 0.29) is 15.1 Å². The van der Waals surface area contributed by atoms with Gasteiger partial charge >= 0.3 is 5.97 Å². The topological polar surface area (TPSA) is 66.9 Å². The molecule has 2 heterocycles. The van der Waals surface area contributed by atoms with E-state index >= 15 is 0 Å². The molecule has 0 aliphatic carbocycles. The van der Waals surface area contributed by atoms with Gasteiger partial charge < -0.3 is 9.64 Å². The van der Waals surface area contributed by atoms with Crippen molar-refractivity contribution in [3.63, 3.8) is 0 Å². The van der Waals surface area contributed by atoms with Crippen LogP contribution in [0.15, 0.2) is 29.2 Å². The number of carbonyl (C=O) groups is 3. The second kappa shape index (κ2) is 6.03. The molecular weight excluding hydrogens is 348 g/mol. The van der Waals surface area contributed by atoms with Crippen molar-refractivity contribution >= 4 is 57.3 Å². The summed E-state index contributed by atoms with van der Waals surface area (Å²) in [6.07, 6.45) is 0. The van der Waals surface area contributed by atoms with Gasteiger partial charge in [0.1, 0.15) is 10.4 Å². The number of methoxy groups -OCH3 is 1. The number of likely N-dealkylation sites (N-methyl/N-ethyl adjacent to an activating group) is 1. The zero-order valence-corrected chi connectivity index (χ0v) is 14.9. The van der Waals surface area contributed by atoms with Crippen LogP contribution < -0.4 is 4.90 Å². The molecule has 24 heavy (non-hydrogen) atoms. The molecule has 8 heteroatoms. The molecule has 0 unspecified atom stereocenters. The molecule has 1 saturated heterocycles. The molecule has 0 radical (unpaired) electrons. The number of fused-ring (bicyclic) bond motifs is 1. The highest BCUT2D eigenvalue weighted by Crippen LogP contribution is 2.44. The van der Waals surface area contributed by atoms with Gasteiger partial charge in [0, 0.05) is 12.6 Å². The van der Waals surface area contributed by atoms with Crippen molar-refractivity contribution in [2.24, 2.45) is 0 Å². The molecule has 1 atom stereocenters. The Labute approximate surface area is 148 Å². The van der Waals surface area contributed by atoms with Crippen LogP contribution in [0, 0.1) is 0 Å². The molecule has 1 aromatic carbocycles. The third kappa shape index (κ3) is 2.33. The van der Waals surface area contributed by atoms with Gasteiger partial charge in [-0.15, -0.1) is 0 Å². The van der Waals surface area contributed by atoms with Crippen LogP contribution in [0.1, 0.15) is 12.5 Å². The Bertz CT molecular complexity index is 818. The number of anilines is 1. The van der Waals surface area contributed by atoms with Crippen LogP contribution in [-0.2, 0) is 19.1 Å². The van der Waals surface area contributed by atoms with Crippen LogP contribution in [0.5, 0.6) is 0 Å². The molecule has 0 spiro atoms. The Morgan fingerprint density at radius 1 is 1.25 bits per heavy atom. The lowest BCUT2D eigenvalue weighted by atomic mass is 10.1. The quantitative estimate of drug-likeness (QED) is 0.454. The highest BCUT2D eigenvalue weighted by molar-refractivity contribution is 8.26. The van der Waals surface area contributed by atoms with Crippen LogP contribution in [0.4, 0.5) is 5.69 Å². The van der Waals surface area contributed by atoms with Crippen LogP contribution in [0.25, 0.3) is 5.57 Å². The minimum Gasteiger partial charge on any atom is -0.467 e. The fourth-order valence-electron chi connectivity index (χ4n) is 2.73. The van der Waals surface area contributed by atoms with E-state index in [1.807, 2.05) is 18.2 Å². The first-order valence-corrected chi connectivity index (χ1v) is 8.36. The predicted molar refractivity (Wildman–Crippen MR) is 95.3 cm³/mol. The van der Waals surface area contributed by atoms with Gasteiger partial charge in [-0.2, -0.15) is 0 Å². The first-order valence-electron chi connectivity index (χ1n) is 7.13. The second-order valence-corrected chi connectivity index (χ2v) is 6.97. The van der Waals surface area contributed by atoms with E-state index in [0.717, 1.165) is 17.4 Å². The first-order chi connectivity index (χ1) is 11.4. The third-order valence-electron chi connectivity index (χ3n) is 4.01. The molecule has 6 nitrogen and oxygen atoms in total. The maximum atomic E-state index is 12.8. The van der Waals surface area contributed by atoms with Crippen LogP contribution >= 0.6 is 24.0 Å². The van der Waals surface area contributed by atoms with Crippen molar-refractivity contribution in [1.82, 2.24) is 4.90 Å². The van der Waals surface area contributed by atoms with Gasteiger partial charge in [0.25, 0.3) is 11.8 Å². The summed E-state index contributed by atoms with van der Waals surface area (Å²) >= 11 is 6.28. The van der Waals surface area contributed by atoms with E-state index in [9.17, 15) is 14.4 Å². The normalized spacial score (nSPS) is 21.4. The number of esters is 1. The number of nitrogens with zero attached hydrogens (tertiary/aromatic N) is 2. The van der Waals surface area contributed by atoms with Crippen molar-refractivity contribution in [2.75, 3.05) is 19.1 Å². The van der Waals surface area contributed by atoms with Crippen LogP contribution in [0.3, 0.4) is 0 Å². The SMILES string of the molecule is COC(=O)[C@H](C)N1C(=O)/C(=C2/C(=O)N(C)c3ccccc32)SC1=S. The van der Waals surface area contributed by atoms with Crippen molar-refractivity contribution < 1.29 is 19.1 Å². The molecule has 1 fully saturated rings. The summed E-state index contributed by atoms with van der Waals surface area (Å²) in [5.74, 6) is -1.27. The second-order valence-electron chi connectivity index (χ2n) is 5.33. The third-order valence-corrected chi connectivity index (χ3v) is 5.41. The van der Waals surface area contributed by atoms with Crippen molar-refractivity contribution in [3.05, 3.63) is 34.7 Å². The average Bonchev–Trinajstić information content (AvgIpc) is 3.00. The molecule has 2 aliphatic rings. The fraction of sp³-hybridized carbons (Fsp3) is 0.250. The van der Waals surface area contributed by atoms with Gasteiger partial charge in [-0.05, 0) is 13.0 Å². The Hall–Kier alpha value is -2.19. The number of carbonyl (C=O) groups excluding carboxylic acids is 3. The molecule has 0 saturated carbocycles. The largest absolute Gasteiger partial charge is 0.467 e. The smallest absolute Gasteiger partial charge is 0.328 e. The van der Waals surface area contributed by atoms with Gasteiger partial charge in [-0.25, -0.2) is 4.79 Å². The Kier molecular flexibility index (Phi) is 4.18. The molecule has 0 N–H and O–H groups in total. The molecule has 1 aromatic rings. The monoisotopic (exact) mass is 362 g/mol. The molecule has 2 aliphatic heterocycles. The number of hydrogen-bond donors (Lipinski definition) is 0. The van der Waals surface area contributed by atoms with Gasteiger partial charge in [0.15, 0.2) is 0 Å². The number of para-hydroxylation sites is 1. The number of benzene rings is 1. The number of rotatable bonds is 2. The molecule has 124 valence electrons. The Balaban J connectivity index is 2.09. The number of ether oxygens (including phenoxy) is 1. The first kappa shape index (κ1) is 16.7. The van der Waals surface area contributed by atoms with Crippen LogP contribution in [0.2, 0.25) is 0 Å². The highest BCUT2D eigenvalue weighted by Gasteiger charge is 2.44. The van der Waals surface area contributed by atoms with Crippen LogP contribution in [-0.4, -0.2) is 47.2 Å². The van der Waals surface area contributed by atoms with Crippen molar-refractivity contribution in [1.29, 1.82) is 0 Å². The summed E-state index contributed by atoms with van der Waals surface area (Å²) in [5, 5.41) is 0. The summed E-state index contributed by atoms with van der Waals surface area (Å²) in [6.45, 7) is 1.54. The number of thiocarbonyl (C=S) groups is 1. The zero-order chi connectivity index (χ0) is 17.6. The summed E-state index contributed by atoms with van der Waals surface area (Å²) < 4.78 is 4.92. The molecule has 0 aromatic heterocycles. The van der Waals surface area contributed by atoms with E-state index < -0.39 is 17.9 Å². The van der Waals surface area contributed by atoms with Gasteiger partial charge in [-0.3, -0.25) is 14.5 Å². The molecular formula is C16H14N2O4S2. The lowest BCUT2D eigenvalue weighted by molar-refractivity contribution is -0.147. The Morgan fingerprint density at radius 2 is 1.92 bits per heavy atom. The molecule has 0 bridgehead atoms. The van der Waals surface area contributed by atoms with Gasteiger partial charge in [0.05, 0.1) is 23.3 Å². The minimum absolute atomic E-state index is 0.236. The molecule has 2 amide bonds. The number of amides is 2. The summed E-state index contributed by atoms with van der Waals surface area (Å²) in [6, 6.07) is 6.41. The average molecular weight is 362 g/mol. The lowest BCUT2D eigenvalue weighted by Gasteiger charge is -2.20. The predicted octanol–water partition coefficient (Wildman–Crippen LogP) is 1.80. The van der Waals surface area contributed by atoms with Gasteiger partial charge in [0.2, 0.25) is 0 Å². The van der Waals surface area contributed by atoms with E-state index in [1.165, 1.54) is 16.9 Å². The minimum atomic E-state index is -0.843. The summed E-state index contributed by atoms with van der Waals surface area (Å²) in [5.41, 5.74) is 1.75. The standard InChI is InChI=1S/C16H14N2O4S2/c1-8(15(21)22-3)18-14(20)12(24-16(18)23)11-9-6-4-5-7-10(9)17(2)13(11)19/h4-8H,1-3H3/b12-11-/t8-/m0/s1. The highest BCUT2D eigenvalue weighted by atomic mass is 32.2. The zero-order valence-electron chi connectivity index (χ0n) is 13.2. The Morgan fingerprint density at radius 3 is 2.58 bits per heavy atom. The van der Waals surface area contributed by atoms with E-state index in [1.54, 1.807) is 20.0 Å². The van der Waals surface area contributed by atoms with E-state index in [4.69, 9.17) is 12.2 Å².